The summed E-state index contributed by atoms with van der Waals surface area (Å²) in [5.74, 6) is 0.297. The Bertz CT molecular complexity index is 466. The van der Waals surface area contributed by atoms with E-state index < -0.39 is 0 Å². The van der Waals surface area contributed by atoms with Crippen LogP contribution in [0.4, 0.5) is 0 Å². The van der Waals surface area contributed by atoms with Crippen molar-refractivity contribution in [1.29, 1.82) is 0 Å². The molecule has 2 saturated carbocycles. The lowest BCUT2D eigenvalue weighted by Gasteiger charge is -2.46. The molecule has 0 spiro atoms. The predicted molar refractivity (Wildman–Crippen MR) is 75.6 cm³/mol. The lowest BCUT2D eigenvalue weighted by Crippen LogP contribution is -2.44. The molecule has 5 unspecified atom stereocenters. The van der Waals surface area contributed by atoms with Gasteiger partial charge >= 0.3 is 5.97 Å². The summed E-state index contributed by atoms with van der Waals surface area (Å²) in [4.78, 5) is 11.6. The largest absolute Gasteiger partial charge is 0.461 e. The Morgan fingerprint density at radius 3 is 2.58 bits per heavy atom. The van der Waals surface area contributed by atoms with Crippen molar-refractivity contribution in [3.63, 3.8) is 0 Å². The van der Waals surface area contributed by atoms with Crippen molar-refractivity contribution in [3.05, 3.63) is 11.6 Å². The fourth-order valence-electron chi connectivity index (χ4n) is 5.78. The molecular weight excluding hydrogens is 236 g/mol. The van der Waals surface area contributed by atoms with Gasteiger partial charge in [0, 0.05) is 18.3 Å². The molecule has 0 aliphatic heterocycles. The lowest BCUT2D eigenvalue weighted by molar-refractivity contribution is -0.156. The Hall–Kier alpha value is -0.790. The minimum atomic E-state index is -0.122. The molecule has 0 radical (unpaired) electrons. The normalized spacial score (nSPS) is 51.7. The van der Waals surface area contributed by atoms with Crippen LogP contribution < -0.4 is 0 Å². The number of carbonyl (C=O) groups excluding carboxylic acids is 1. The minimum Gasteiger partial charge on any atom is -0.461 e. The molecule has 0 aromatic heterocycles. The number of hydrogen-bond acceptors (Lipinski definition) is 2. The molecule has 2 nitrogen and oxygen atoms in total. The number of ether oxygens (including phenoxy) is 1. The van der Waals surface area contributed by atoms with E-state index >= 15 is 0 Å². The molecule has 5 atom stereocenters. The van der Waals surface area contributed by atoms with Gasteiger partial charge in [0.1, 0.15) is 6.10 Å². The summed E-state index contributed by atoms with van der Waals surface area (Å²) in [5, 5.41) is 0. The van der Waals surface area contributed by atoms with Crippen LogP contribution in [0.2, 0.25) is 0 Å². The van der Waals surface area contributed by atoms with Crippen molar-refractivity contribution in [1.82, 2.24) is 0 Å². The van der Waals surface area contributed by atoms with E-state index in [0.717, 1.165) is 6.42 Å². The zero-order chi connectivity index (χ0) is 14.1. The van der Waals surface area contributed by atoms with Gasteiger partial charge in [-0.25, -0.2) is 0 Å². The van der Waals surface area contributed by atoms with E-state index in [-0.39, 0.29) is 17.5 Å². The zero-order valence-corrected chi connectivity index (χ0v) is 12.9. The summed E-state index contributed by atoms with van der Waals surface area (Å²) in [6.45, 7) is 11.0. The predicted octanol–water partition coefficient (Wildman–Crippen LogP) is 4.10. The van der Waals surface area contributed by atoms with E-state index in [9.17, 15) is 4.79 Å². The molecule has 0 aromatic carbocycles. The molecule has 106 valence electrons. The van der Waals surface area contributed by atoms with Gasteiger partial charge in [-0.1, -0.05) is 38.8 Å². The zero-order valence-electron chi connectivity index (χ0n) is 12.9. The molecular formula is C17H26O2. The van der Waals surface area contributed by atoms with Crippen molar-refractivity contribution < 1.29 is 9.53 Å². The third kappa shape index (κ3) is 1.31. The average molecular weight is 262 g/mol. The Morgan fingerprint density at radius 1 is 1.26 bits per heavy atom. The number of allylic oxidation sites excluding steroid dienone is 1. The quantitative estimate of drug-likeness (QED) is 0.525. The van der Waals surface area contributed by atoms with Crippen molar-refractivity contribution >= 4 is 5.97 Å². The molecule has 2 fully saturated rings. The molecule has 3 aliphatic carbocycles. The third-order valence-corrected chi connectivity index (χ3v) is 7.14. The van der Waals surface area contributed by atoms with Crippen LogP contribution in [0, 0.1) is 22.2 Å². The van der Waals surface area contributed by atoms with Gasteiger partial charge in [0.05, 0.1) is 0 Å². The number of fused-ring (bicyclic) bond motifs is 5. The third-order valence-electron chi connectivity index (χ3n) is 7.14. The second kappa shape index (κ2) is 3.65. The van der Waals surface area contributed by atoms with Crippen LogP contribution in [0.25, 0.3) is 0 Å². The van der Waals surface area contributed by atoms with E-state index in [1.807, 2.05) is 0 Å². The highest BCUT2D eigenvalue weighted by Gasteiger charge is 2.73. The van der Waals surface area contributed by atoms with Crippen LogP contribution in [0.15, 0.2) is 11.6 Å². The molecule has 0 saturated heterocycles. The topological polar surface area (TPSA) is 26.3 Å². The van der Waals surface area contributed by atoms with E-state index in [0.29, 0.717) is 16.7 Å². The Morgan fingerprint density at radius 2 is 1.95 bits per heavy atom. The Kier molecular flexibility index (Phi) is 2.54. The first-order valence-electron chi connectivity index (χ1n) is 7.60. The summed E-state index contributed by atoms with van der Waals surface area (Å²) >= 11 is 0. The van der Waals surface area contributed by atoms with Gasteiger partial charge in [-0.2, -0.15) is 0 Å². The summed E-state index contributed by atoms with van der Waals surface area (Å²) in [6, 6.07) is 0. The summed E-state index contributed by atoms with van der Waals surface area (Å²) < 4.78 is 5.84. The summed E-state index contributed by atoms with van der Waals surface area (Å²) in [7, 11) is 0. The highest BCUT2D eigenvalue weighted by atomic mass is 16.5. The Labute approximate surface area is 116 Å². The number of carbonyl (C=O) groups is 1. The first kappa shape index (κ1) is 13.2. The molecule has 0 N–H and O–H groups in total. The highest BCUT2D eigenvalue weighted by molar-refractivity contribution is 5.66. The maximum Gasteiger partial charge on any atom is 0.302 e. The molecule has 3 rings (SSSR count). The van der Waals surface area contributed by atoms with Crippen molar-refractivity contribution in [3.8, 4) is 0 Å². The molecule has 3 aliphatic rings. The fraction of sp³-hybridized carbons (Fsp3) is 0.824. The van der Waals surface area contributed by atoms with E-state index in [1.165, 1.54) is 24.8 Å². The molecule has 0 aromatic rings. The summed E-state index contributed by atoms with van der Waals surface area (Å²) in [5.41, 5.74) is 2.13. The van der Waals surface area contributed by atoms with Crippen LogP contribution in [0.1, 0.15) is 60.3 Å². The number of esters is 1. The summed E-state index contributed by atoms with van der Waals surface area (Å²) in [6.07, 6.45) is 7.39. The van der Waals surface area contributed by atoms with Crippen LogP contribution in [-0.4, -0.2) is 12.1 Å². The first-order chi connectivity index (χ1) is 8.76. The molecule has 19 heavy (non-hydrogen) atoms. The van der Waals surface area contributed by atoms with E-state index in [4.69, 9.17) is 4.74 Å². The van der Waals surface area contributed by atoms with Gasteiger partial charge in [-0.05, 0) is 37.0 Å². The minimum absolute atomic E-state index is 0.0744. The van der Waals surface area contributed by atoms with Gasteiger partial charge in [0.25, 0.3) is 0 Å². The van der Waals surface area contributed by atoms with Gasteiger partial charge in [-0.3, -0.25) is 4.79 Å². The fourth-order valence-corrected chi connectivity index (χ4v) is 5.78. The van der Waals surface area contributed by atoms with Crippen molar-refractivity contribution in [2.75, 3.05) is 0 Å². The molecule has 0 amide bonds. The van der Waals surface area contributed by atoms with E-state index in [1.54, 1.807) is 6.92 Å². The lowest BCUT2D eigenvalue weighted by atomic mass is 9.59. The smallest absolute Gasteiger partial charge is 0.302 e. The van der Waals surface area contributed by atoms with Crippen LogP contribution in [0.3, 0.4) is 0 Å². The van der Waals surface area contributed by atoms with Crippen LogP contribution >= 0.6 is 0 Å². The Balaban J connectivity index is 2.15. The van der Waals surface area contributed by atoms with Gasteiger partial charge in [-0.15, -0.1) is 0 Å². The SMILES string of the molecule is CC(=O)OC1C2C(C)=CCC1(C)C1(C)CCCC21C. The van der Waals surface area contributed by atoms with Crippen LogP contribution in [-0.2, 0) is 9.53 Å². The maximum absolute atomic E-state index is 11.6. The van der Waals surface area contributed by atoms with Gasteiger partial charge < -0.3 is 4.74 Å². The van der Waals surface area contributed by atoms with E-state index in [2.05, 4.69) is 33.8 Å². The highest BCUT2D eigenvalue weighted by Crippen LogP contribution is 2.76. The monoisotopic (exact) mass is 262 g/mol. The van der Waals surface area contributed by atoms with Crippen molar-refractivity contribution in [2.24, 2.45) is 22.2 Å². The van der Waals surface area contributed by atoms with Crippen molar-refractivity contribution in [2.45, 2.75) is 66.4 Å². The average Bonchev–Trinajstić information content (AvgIpc) is 2.65. The van der Waals surface area contributed by atoms with Gasteiger partial charge in [0.15, 0.2) is 0 Å². The number of hydrogen-bond donors (Lipinski definition) is 0. The molecule has 0 heterocycles. The molecule has 2 heteroatoms. The second-order valence-corrected chi connectivity index (χ2v) is 7.68. The maximum atomic E-state index is 11.6. The standard InChI is InChI=1S/C17H26O2/c1-11-7-10-16(4)14(19-12(2)18)13(11)15(3)8-6-9-17(15,16)5/h7,13-14H,6,8-10H2,1-5H3. The first-order valence-corrected chi connectivity index (χ1v) is 7.60. The molecule has 2 bridgehead atoms. The number of rotatable bonds is 1. The second-order valence-electron chi connectivity index (χ2n) is 7.68. The van der Waals surface area contributed by atoms with Crippen LogP contribution in [0.5, 0.6) is 0 Å². The van der Waals surface area contributed by atoms with Gasteiger partial charge in [0.2, 0.25) is 0 Å².